The Bertz CT molecular complexity index is 1050. The highest BCUT2D eigenvalue weighted by atomic mass is 35.5. The van der Waals surface area contributed by atoms with Gasteiger partial charge in [0, 0.05) is 22.0 Å². The number of carbonyl (C=O) groups is 1. The highest BCUT2D eigenvalue weighted by Crippen LogP contribution is 2.28. The van der Waals surface area contributed by atoms with Crippen LogP contribution in [0.2, 0.25) is 10.0 Å². The first-order chi connectivity index (χ1) is 15.2. The van der Waals surface area contributed by atoms with E-state index in [2.05, 4.69) is 5.32 Å². The van der Waals surface area contributed by atoms with Crippen molar-refractivity contribution in [2.75, 3.05) is 0 Å². The maximum Gasteiger partial charge on any atom is 0.263 e. The van der Waals surface area contributed by atoms with Crippen LogP contribution < -0.4 is 10.1 Å². The van der Waals surface area contributed by atoms with Crippen LogP contribution in [0.15, 0.2) is 72.8 Å². The van der Waals surface area contributed by atoms with Gasteiger partial charge in [-0.1, -0.05) is 59.6 Å². The molecule has 0 aromatic heterocycles. The summed E-state index contributed by atoms with van der Waals surface area (Å²) in [5.74, 6) is -0.830. The lowest BCUT2D eigenvalue weighted by molar-refractivity contribution is -0.135. The molecule has 3 rings (SSSR count). The van der Waals surface area contributed by atoms with E-state index in [9.17, 15) is 9.18 Å². The summed E-state index contributed by atoms with van der Waals surface area (Å²) in [5, 5.41) is 4.38. The number of hydrogen-bond donors (Lipinski definition) is 1. The predicted molar refractivity (Wildman–Crippen MR) is 128 cm³/mol. The van der Waals surface area contributed by atoms with E-state index < -0.39 is 11.4 Å². The van der Waals surface area contributed by atoms with Crippen molar-refractivity contribution < 1.29 is 13.9 Å². The summed E-state index contributed by atoms with van der Waals surface area (Å²) in [6, 6.07) is 21.1. The number of ether oxygens (including phenoxy) is 1. The molecule has 168 valence electrons. The molecule has 0 heterocycles. The largest absolute Gasteiger partial charge is 0.475 e. The van der Waals surface area contributed by atoms with Gasteiger partial charge in [-0.15, -0.1) is 0 Å². The van der Waals surface area contributed by atoms with Gasteiger partial charge in [-0.05, 0) is 74.7 Å². The number of para-hydroxylation sites is 1. The summed E-state index contributed by atoms with van der Waals surface area (Å²) >= 11 is 12.1. The van der Waals surface area contributed by atoms with Gasteiger partial charge in [-0.2, -0.15) is 0 Å². The van der Waals surface area contributed by atoms with E-state index in [4.69, 9.17) is 27.9 Å². The van der Waals surface area contributed by atoms with Crippen molar-refractivity contribution in [3.8, 4) is 5.75 Å². The maximum absolute atomic E-state index is 14.0. The van der Waals surface area contributed by atoms with Crippen LogP contribution in [0.5, 0.6) is 5.75 Å². The summed E-state index contributed by atoms with van der Waals surface area (Å²) in [4.78, 5) is 13.1. The highest BCUT2D eigenvalue weighted by molar-refractivity contribution is 6.30. The third-order valence-electron chi connectivity index (χ3n) is 5.38. The molecule has 2 atom stereocenters. The van der Waals surface area contributed by atoms with E-state index in [-0.39, 0.29) is 23.6 Å². The van der Waals surface area contributed by atoms with Gasteiger partial charge >= 0.3 is 0 Å². The average molecular weight is 474 g/mol. The van der Waals surface area contributed by atoms with Crippen molar-refractivity contribution in [2.45, 2.75) is 44.8 Å². The van der Waals surface area contributed by atoms with Crippen LogP contribution in [0.4, 0.5) is 4.39 Å². The smallest absolute Gasteiger partial charge is 0.263 e. The molecule has 0 saturated carbocycles. The summed E-state index contributed by atoms with van der Waals surface area (Å²) in [7, 11) is 0. The van der Waals surface area contributed by atoms with E-state index in [0.717, 1.165) is 11.1 Å². The van der Waals surface area contributed by atoms with Crippen molar-refractivity contribution in [2.24, 2.45) is 0 Å². The zero-order valence-electron chi connectivity index (χ0n) is 18.2. The van der Waals surface area contributed by atoms with Crippen molar-refractivity contribution >= 4 is 29.1 Å². The number of halogens is 3. The topological polar surface area (TPSA) is 38.3 Å². The quantitative estimate of drug-likeness (QED) is 0.389. The van der Waals surface area contributed by atoms with Gasteiger partial charge in [0.2, 0.25) is 0 Å². The Hall–Kier alpha value is -2.56. The Morgan fingerprint density at radius 1 is 0.969 bits per heavy atom. The standard InChI is InChI=1S/C26H26Cl2FNO2/c1-17(30-25(31)26(2,3)32-24-7-5-4-6-23(24)29)22(19-10-14-21(28)15-11-19)16-18-8-12-20(27)13-9-18/h4-15,17,22H,16H2,1-3H3,(H,30,31). The molecule has 3 aromatic carbocycles. The zero-order valence-corrected chi connectivity index (χ0v) is 19.8. The van der Waals surface area contributed by atoms with Crippen molar-refractivity contribution in [1.82, 2.24) is 5.32 Å². The molecule has 6 heteroatoms. The van der Waals surface area contributed by atoms with Gasteiger partial charge < -0.3 is 10.1 Å². The lowest BCUT2D eigenvalue weighted by atomic mass is 9.86. The fourth-order valence-electron chi connectivity index (χ4n) is 3.50. The summed E-state index contributed by atoms with van der Waals surface area (Å²) < 4.78 is 19.7. The lowest BCUT2D eigenvalue weighted by Crippen LogP contribution is -2.51. The first-order valence-corrected chi connectivity index (χ1v) is 11.2. The Morgan fingerprint density at radius 3 is 2.12 bits per heavy atom. The van der Waals surface area contributed by atoms with Crippen molar-refractivity contribution in [1.29, 1.82) is 0 Å². The molecule has 3 aromatic rings. The Balaban J connectivity index is 1.79. The third kappa shape index (κ3) is 6.24. The molecule has 0 fully saturated rings. The van der Waals surface area contributed by atoms with Gasteiger partial charge in [0.05, 0.1) is 0 Å². The van der Waals surface area contributed by atoms with Crippen LogP contribution in [0.3, 0.4) is 0 Å². The van der Waals surface area contributed by atoms with E-state index >= 15 is 0 Å². The van der Waals surface area contributed by atoms with Crippen LogP contribution in [0.1, 0.15) is 37.8 Å². The molecular formula is C26H26Cl2FNO2. The van der Waals surface area contributed by atoms with Crippen LogP contribution in [0.25, 0.3) is 0 Å². The minimum Gasteiger partial charge on any atom is -0.475 e. The van der Waals surface area contributed by atoms with Gasteiger partial charge in [0.15, 0.2) is 17.2 Å². The number of nitrogens with one attached hydrogen (secondary N) is 1. The molecule has 0 spiro atoms. The number of rotatable bonds is 8. The van der Waals surface area contributed by atoms with Gasteiger partial charge in [-0.25, -0.2) is 4.39 Å². The van der Waals surface area contributed by atoms with Gasteiger partial charge in [-0.3, -0.25) is 4.79 Å². The lowest BCUT2D eigenvalue weighted by Gasteiger charge is -2.31. The highest BCUT2D eigenvalue weighted by Gasteiger charge is 2.33. The van der Waals surface area contributed by atoms with E-state index in [1.54, 1.807) is 26.0 Å². The van der Waals surface area contributed by atoms with E-state index in [0.29, 0.717) is 16.5 Å². The third-order valence-corrected chi connectivity index (χ3v) is 5.88. The summed E-state index contributed by atoms with van der Waals surface area (Å²) in [6.07, 6.45) is 0.689. The molecule has 32 heavy (non-hydrogen) atoms. The second-order valence-electron chi connectivity index (χ2n) is 8.29. The Labute approximate surface area is 198 Å². The second-order valence-corrected chi connectivity index (χ2v) is 9.17. The van der Waals surface area contributed by atoms with Crippen LogP contribution >= 0.6 is 23.2 Å². The number of amides is 1. The second kappa shape index (κ2) is 10.4. The Kier molecular flexibility index (Phi) is 7.81. The minimum absolute atomic E-state index is 0.0262. The molecule has 2 unspecified atom stereocenters. The molecule has 3 nitrogen and oxygen atoms in total. The normalized spacial score (nSPS) is 13.3. The van der Waals surface area contributed by atoms with Gasteiger partial charge in [0.1, 0.15) is 0 Å². The maximum atomic E-state index is 14.0. The number of carbonyl (C=O) groups excluding carboxylic acids is 1. The SMILES string of the molecule is CC(NC(=O)C(C)(C)Oc1ccccc1F)C(Cc1ccc(Cl)cc1)c1ccc(Cl)cc1. The van der Waals surface area contributed by atoms with Crippen molar-refractivity contribution in [3.63, 3.8) is 0 Å². The van der Waals surface area contributed by atoms with Crippen LogP contribution in [-0.4, -0.2) is 17.6 Å². The number of benzene rings is 3. The number of hydrogen-bond acceptors (Lipinski definition) is 2. The molecule has 0 aliphatic rings. The zero-order chi connectivity index (χ0) is 23.3. The molecular weight excluding hydrogens is 448 g/mol. The molecule has 0 aliphatic heterocycles. The van der Waals surface area contributed by atoms with Crippen LogP contribution in [0, 0.1) is 5.82 Å². The molecule has 0 aliphatic carbocycles. The predicted octanol–water partition coefficient (Wildman–Crippen LogP) is 6.82. The fraction of sp³-hybridized carbons (Fsp3) is 0.269. The molecule has 0 saturated heterocycles. The summed E-state index contributed by atoms with van der Waals surface area (Å²) in [5.41, 5.74) is 0.878. The van der Waals surface area contributed by atoms with E-state index in [1.807, 2.05) is 55.5 Å². The first-order valence-electron chi connectivity index (χ1n) is 10.4. The van der Waals surface area contributed by atoms with Crippen LogP contribution in [-0.2, 0) is 11.2 Å². The van der Waals surface area contributed by atoms with Crippen molar-refractivity contribution in [3.05, 3.63) is 99.8 Å². The van der Waals surface area contributed by atoms with Gasteiger partial charge in [0.25, 0.3) is 5.91 Å². The minimum atomic E-state index is -1.26. The Morgan fingerprint density at radius 2 is 1.53 bits per heavy atom. The fourth-order valence-corrected chi connectivity index (χ4v) is 3.75. The molecule has 0 radical (unpaired) electrons. The molecule has 1 amide bonds. The first kappa shape index (κ1) is 24.1. The monoisotopic (exact) mass is 473 g/mol. The molecule has 1 N–H and O–H groups in total. The summed E-state index contributed by atoms with van der Waals surface area (Å²) in [6.45, 7) is 5.20. The average Bonchev–Trinajstić information content (AvgIpc) is 2.75. The molecule has 0 bridgehead atoms. The van der Waals surface area contributed by atoms with E-state index in [1.165, 1.54) is 12.1 Å².